The Labute approximate surface area is 133 Å². The van der Waals surface area contributed by atoms with E-state index in [0.717, 1.165) is 34.4 Å². The molecule has 21 heavy (non-hydrogen) atoms. The van der Waals surface area contributed by atoms with Gasteiger partial charge >= 0.3 is 0 Å². The fraction of sp³-hybridized carbons (Fsp3) is 0.467. The molecule has 0 spiro atoms. The molecule has 2 heterocycles. The third kappa shape index (κ3) is 5.21. The second-order valence-corrected chi connectivity index (χ2v) is 6.87. The van der Waals surface area contributed by atoms with E-state index in [9.17, 15) is 4.79 Å². The van der Waals surface area contributed by atoms with Gasteiger partial charge in [-0.15, -0.1) is 11.3 Å². The van der Waals surface area contributed by atoms with Crippen molar-refractivity contribution in [3.05, 3.63) is 28.3 Å². The van der Waals surface area contributed by atoms with Gasteiger partial charge in [0.2, 0.25) is 5.91 Å². The van der Waals surface area contributed by atoms with Crippen LogP contribution in [0.3, 0.4) is 0 Å². The highest BCUT2D eigenvalue weighted by molar-refractivity contribution is 7.99. The molecule has 0 aliphatic carbocycles. The summed E-state index contributed by atoms with van der Waals surface area (Å²) in [5, 5.41) is 5.86. The number of carbonyl (C=O) groups excluding carboxylic acids is 1. The van der Waals surface area contributed by atoms with Crippen LogP contribution in [0.2, 0.25) is 0 Å². The summed E-state index contributed by atoms with van der Waals surface area (Å²) in [5.41, 5.74) is 0.852. The molecule has 0 aliphatic rings. The average Bonchev–Trinajstić information content (AvgIpc) is 3.10. The molecule has 0 bridgehead atoms. The molecular formula is C15H20N2O2S2. The van der Waals surface area contributed by atoms with E-state index in [2.05, 4.69) is 17.2 Å². The summed E-state index contributed by atoms with van der Waals surface area (Å²) < 4.78 is 5.70. The van der Waals surface area contributed by atoms with Crippen LogP contribution in [-0.2, 0) is 11.3 Å². The van der Waals surface area contributed by atoms with E-state index in [-0.39, 0.29) is 5.91 Å². The number of aromatic nitrogens is 1. The molecule has 0 unspecified atom stereocenters. The lowest BCUT2D eigenvalue weighted by molar-refractivity contribution is -0.118. The van der Waals surface area contributed by atoms with E-state index in [4.69, 9.17) is 4.42 Å². The van der Waals surface area contributed by atoms with Gasteiger partial charge in [0.1, 0.15) is 11.5 Å². The maximum absolute atomic E-state index is 11.7. The van der Waals surface area contributed by atoms with E-state index in [1.165, 1.54) is 6.42 Å². The molecule has 0 saturated carbocycles. The van der Waals surface area contributed by atoms with Gasteiger partial charge < -0.3 is 9.73 Å². The van der Waals surface area contributed by atoms with Gasteiger partial charge in [-0.2, -0.15) is 11.8 Å². The van der Waals surface area contributed by atoms with Crippen molar-refractivity contribution >= 4 is 29.0 Å². The van der Waals surface area contributed by atoms with Gasteiger partial charge in [-0.05, 0) is 31.2 Å². The smallest absolute Gasteiger partial charge is 0.230 e. The monoisotopic (exact) mass is 324 g/mol. The maximum Gasteiger partial charge on any atom is 0.230 e. The summed E-state index contributed by atoms with van der Waals surface area (Å²) in [6, 6.07) is 3.78. The molecule has 114 valence electrons. The SMILES string of the molecule is CCCCSCC(=O)NCc1ccc(-c2csc(C)n2)o1. The summed E-state index contributed by atoms with van der Waals surface area (Å²) in [6.07, 6.45) is 2.33. The van der Waals surface area contributed by atoms with Crippen LogP contribution >= 0.6 is 23.1 Å². The Hall–Kier alpha value is -1.27. The second-order valence-electron chi connectivity index (χ2n) is 4.70. The number of nitrogens with zero attached hydrogens (tertiary/aromatic N) is 1. The Bertz CT molecular complexity index is 578. The molecule has 1 N–H and O–H groups in total. The molecule has 0 aromatic carbocycles. The standard InChI is InChI=1S/C15H20N2O2S2/c1-3-4-7-20-10-15(18)16-8-12-5-6-14(19-12)13-9-21-11(2)17-13/h5-6,9H,3-4,7-8,10H2,1-2H3,(H,16,18). The number of nitrogens with one attached hydrogen (secondary N) is 1. The number of carbonyl (C=O) groups is 1. The highest BCUT2D eigenvalue weighted by Gasteiger charge is 2.09. The molecule has 0 saturated heterocycles. The van der Waals surface area contributed by atoms with Crippen molar-refractivity contribution in [3.8, 4) is 11.5 Å². The van der Waals surface area contributed by atoms with Crippen molar-refractivity contribution in [2.75, 3.05) is 11.5 Å². The molecule has 6 heteroatoms. The fourth-order valence-electron chi connectivity index (χ4n) is 1.74. The van der Waals surface area contributed by atoms with Crippen LogP contribution in [0, 0.1) is 6.92 Å². The van der Waals surface area contributed by atoms with Crippen molar-refractivity contribution in [2.24, 2.45) is 0 Å². The van der Waals surface area contributed by atoms with Gasteiger partial charge in [0.05, 0.1) is 17.3 Å². The van der Waals surface area contributed by atoms with Crippen molar-refractivity contribution in [2.45, 2.75) is 33.2 Å². The van der Waals surface area contributed by atoms with Gasteiger partial charge in [0.15, 0.2) is 5.76 Å². The van der Waals surface area contributed by atoms with Crippen molar-refractivity contribution in [1.29, 1.82) is 0 Å². The average molecular weight is 324 g/mol. The number of hydrogen-bond donors (Lipinski definition) is 1. The minimum atomic E-state index is 0.0542. The number of rotatable bonds is 8. The lowest BCUT2D eigenvalue weighted by Crippen LogP contribution is -2.24. The summed E-state index contributed by atoms with van der Waals surface area (Å²) >= 11 is 3.27. The lowest BCUT2D eigenvalue weighted by Gasteiger charge is -2.03. The van der Waals surface area contributed by atoms with Crippen LogP contribution in [0.25, 0.3) is 11.5 Å². The molecule has 0 aliphatic heterocycles. The first-order valence-electron chi connectivity index (χ1n) is 7.04. The van der Waals surface area contributed by atoms with Crippen LogP contribution < -0.4 is 5.32 Å². The van der Waals surface area contributed by atoms with Crippen molar-refractivity contribution in [1.82, 2.24) is 10.3 Å². The highest BCUT2D eigenvalue weighted by Crippen LogP contribution is 2.23. The number of thiazole rings is 1. The van der Waals surface area contributed by atoms with E-state index in [1.54, 1.807) is 23.1 Å². The van der Waals surface area contributed by atoms with E-state index in [0.29, 0.717) is 12.3 Å². The zero-order chi connectivity index (χ0) is 15.1. The molecule has 1 amide bonds. The molecule has 2 aromatic rings. The van der Waals surface area contributed by atoms with Crippen LogP contribution in [0.4, 0.5) is 0 Å². The predicted molar refractivity (Wildman–Crippen MR) is 88.6 cm³/mol. The minimum absolute atomic E-state index is 0.0542. The van der Waals surface area contributed by atoms with Gasteiger partial charge in [-0.3, -0.25) is 4.79 Å². The van der Waals surface area contributed by atoms with Gasteiger partial charge in [0, 0.05) is 5.38 Å². The number of hydrogen-bond acceptors (Lipinski definition) is 5. The van der Waals surface area contributed by atoms with Gasteiger partial charge in [-0.25, -0.2) is 4.98 Å². The van der Waals surface area contributed by atoms with Crippen LogP contribution in [-0.4, -0.2) is 22.4 Å². The molecule has 0 atom stereocenters. The molecule has 0 fully saturated rings. The minimum Gasteiger partial charge on any atom is -0.458 e. The summed E-state index contributed by atoms with van der Waals surface area (Å²) in [5.74, 6) is 3.11. The second kappa shape index (κ2) is 8.24. The number of thioether (sulfide) groups is 1. The molecule has 4 nitrogen and oxygen atoms in total. The number of amides is 1. The van der Waals surface area contributed by atoms with Crippen LogP contribution in [0.5, 0.6) is 0 Å². The van der Waals surface area contributed by atoms with Gasteiger partial charge in [-0.1, -0.05) is 13.3 Å². The first-order chi connectivity index (χ1) is 10.2. The molecule has 2 aromatic heterocycles. The number of aryl methyl sites for hydroxylation is 1. The summed E-state index contributed by atoms with van der Waals surface area (Å²) in [4.78, 5) is 16.1. The fourth-order valence-corrected chi connectivity index (χ4v) is 3.26. The lowest BCUT2D eigenvalue weighted by atomic mass is 10.3. The maximum atomic E-state index is 11.7. The Morgan fingerprint density at radius 3 is 3.05 bits per heavy atom. The predicted octanol–water partition coefficient (Wildman–Crippen LogP) is 3.86. The van der Waals surface area contributed by atoms with E-state index >= 15 is 0 Å². The van der Waals surface area contributed by atoms with E-state index in [1.807, 2.05) is 24.4 Å². The topological polar surface area (TPSA) is 55.1 Å². The largest absolute Gasteiger partial charge is 0.458 e. The quantitative estimate of drug-likeness (QED) is 0.749. The highest BCUT2D eigenvalue weighted by atomic mass is 32.2. The first kappa shape index (κ1) is 16.1. The Morgan fingerprint density at radius 2 is 2.33 bits per heavy atom. The zero-order valence-electron chi connectivity index (χ0n) is 12.3. The Morgan fingerprint density at radius 1 is 1.48 bits per heavy atom. The Kier molecular flexibility index (Phi) is 6.32. The van der Waals surface area contributed by atoms with Crippen LogP contribution in [0.1, 0.15) is 30.5 Å². The summed E-state index contributed by atoms with van der Waals surface area (Å²) in [7, 11) is 0. The first-order valence-corrected chi connectivity index (χ1v) is 9.08. The van der Waals surface area contributed by atoms with E-state index < -0.39 is 0 Å². The van der Waals surface area contributed by atoms with Crippen LogP contribution in [0.15, 0.2) is 21.9 Å². The normalized spacial score (nSPS) is 10.8. The third-order valence-electron chi connectivity index (χ3n) is 2.87. The summed E-state index contributed by atoms with van der Waals surface area (Å²) in [6.45, 7) is 4.55. The van der Waals surface area contributed by atoms with Gasteiger partial charge in [0.25, 0.3) is 0 Å². The number of unbranched alkanes of at least 4 members (excludes halogenated alkanes) is 1. The van der Waals surface area contributed by atoms with Crippen molar-refractivity contribution < 1.29 is 9.21 Å². The third-order valence-corrected chi connectivity index (χ3v) is 4.69. The Balaban J connectivity index is 1.76. The molecular weight excluding hydrogens is 304 g/mol. The molecule has 0 radical (unpaired) electrons. The molecule has 2 rings (SSSR count). The number of furan rings is 1. The zero-order valence-corrected chi connectivity index (χ0v) is 14.0. The van der Waals surface area contributed by atoms with Crippen molar-refractivity contribution in [3.63, 3.8) is 0 Å².